The van der Waals surface area contributed by atoms with Gasteiger partial charge in [0, 0.05) is 25.2 Å². The number of aryl methyl sites for hydroxylation is 2. The van der Waals surface area contributed by atoms with Crippen molar-refractivity contribution in [3.05, 3.63) is 53.1 Å². The predicted octanol–water partition coefficient (Wildman–Crippen LogP) is 5.18. The van der Waals surface area contributed by atoms with Crippen LogP contribution in [0.3, 0.4) is 0 Å². The third-order valence-corrected chi connectivity index (χ3v) is 9.92. The van der Waals surface area contributed by atoms with Crippen LogP contribution in [0.1, 0.15) is 48.2 Å². The molecule has 0 spiro atoms. The zero-order valence-electron chi connectivity index (χ0n) is 22.7. The smallest absolute Gasteiger partial charge is 0.260 e. The fraction of sp³-hybridized carbons (Fsp3) is 0.500. The number of carbonyl (C=O) groups is 1. The van der Waals surface area contributed by atoms with Gasteiger partial charge in [-0.3, -0.25) is 9.69 Å². The van der Waals surface area contributed by atoms with E-state index in [1.54, 1.807) is 33.5 Å². The van der Waals surface area contributed by atoms with Crippen LogP contribution in [0.4, 0.5) is 5.13 Å². The number of hydrogen-bond donors (Lipinski definition) is 0. The minimum atomic E-state index is -3.60. The second-order valence-electron chi connectivity index (χ2n) is 10.8. The quantitative estimate of drug-likeness (QED) is 0.392. The number of rotatable bonds is 8. The van der Waals surface area contributed by atoms with E-state index in [1.165, 1.54) is 11.3 Å². The average molecular weight is 543 g/mol. The lowest BCUT2D eigenvalue weighted by molar-refractivity contribution is 0.0986. The van der Waals surface area contributed by atoms with Crippen molar-refractivity contribution in [2.75, 3.05) is 45.2 Å². The maximum Gasteiger partial charge on any atom is 0.260 e. The van der Waals surface area contributed by atoms with E-state index in [0.29, 0.717) is 42.2 Å². The Labute approximate surface area is 225 Å². The van der Waals surface area contributed by atoms with Gasteiger partial charge in [-0.2, -0.15) is 4.31 Å². The number of sulfonamides is 1. The van der Waals surface area contributed by atoms with Gasteiger partial charge < -0.3 is 4.90 Å². The summed E-state index contributed by atoms with van der Waals surface area (Å²) in [5.74, 6) is 0.490. The molecule has 1 aliphatic rings. The molecule has 3 aromatic rings. The van der Waals surface area contributed by atoms with Crippen LogP contribution in [0.2, 0.25) is 0 Å². The third-order valence-electron chi connectivity index (χ3n) is 6.85. The molecule has 4 rings (SSSR count). The number of anilines is 1. The molecule has 0 bridgehead atoms. The van der Waals surface area contributed by atoms with Gasteiger partial charge in [-0.15, -0.1) is 0 Å². The molecule has 1 fully saturated rings. The number of fused-ring (bicyclic) bond motifs is 1. The molecule has 2 heterocycles. The normalized spacial score (nSPS) is 19.0. The minimum Gasteiger partial charge on any atom is -0.309 e. The molecule has 2 atom stereocenters. The zero-order chi connectivity index (χ0) is 26.9. The Bertz CT molecular complexity index is 1360. The molecule has 1 saturated heterocycles. The fourth-order valence-electron chi connectivity index (χ4n) is 5.19. The van der Waals surface area contributed by atoms with Crippen LogP contribution in [-0.4, -0.2) is 68.8 Å². The topological polar surface area (TPSA) is 73.8 Å². The molecule has 0 saturated carbocycles. The Morgan fingerprint density at radius 1 is 1.05 bits per heavy atom. The van der Waals surface area contributed by atoms with Crippen molar-refractivity contribution < 1.29 is 13.2 Å². The second kappa shape index (κ2) is 11.2. The number of carbonyl (C=O) groups excluding carboxylic acids is 1. The summed E-state index contributed by atoms with van der Waals surface area (Å²) in [6, 6.07) is 10.6. The van der Waals surface area contributed by atoms with Crippen molar-refractivity contribution in [3.8, 4) is 0 Å². The largest absolute Gasteiger partial charge is 0.309 e. The van der Waals surface area contributed by atoms with Crippen LogP contribution in [0.25, 0.3) is 10.2 Å². The van der Waals surface area contributed by atoms with Crippen molar-refractivity contribution in [2.45, 2.75) is 45.4 Å². The Balaban J connectivity index is 1.62. The molecule has 1 aliphatic heterocycles. The van der Waals surface area contributed by atoms with Gasteiger partial charge in [0.05, 0.1) is 15.1 Å². The number of benzene rings is 2. The number of thiazole rings is 1. The molecule has 7 nitrogen and oxygen atoms in total. The number of aromatic nitrogens is 1. The summed E-state index contributed by atoms with van der Waals surface area (Å²) < 4.78 is 29.3. The molecule has 2 unspecified atom stereocenters. The number of amides is 1. The first-order valence-corrected chi connectivity index (χ1v) is 15.2. The molecule has 9 heteroatoms. The summed E-state index contributed by atoms with van der Waals surface area (Å²) in [6.45, 7) is 10.7. The van der Waals surface area contributed by atoms with Gasteiger partial charge in [-0.05, 0) is 101 Å². The van der Waals surface area contributed by atoms with E-state index < -0.39 is 10.0 Å². The van der Waals surface area contributed by atoms with E-state index in [1.807, 2.05) is 27.1 Å². The van der Waals surface area contributed by atoms with Gasteiger partial charge in [0.25, 0.3) is 5.91 Å². The van der Waals surface area contributed by atoms with E-state index in [2.05, 4.69) is 31.7 Å². The zero-order valence-corrected chi connectivity index (χ0v) is 24.3. The first-order valence-electron chi connectivity index (χ1n) is 12.9. The molecular formula is C28H38N4O3S2. The summed E-state index contributed by atoms with van der Waals surface area (Å²) in [7, 11) is 0.426. The van der Waals surface area contributed by atoms with Crippen LogP contribution in [0.5, 0.6) is 0 Å². The predicted molar refractivity (Wildman–Crippen MR) is 152 cm³/mol. The van der Waals surface area contributed by atoms with Crippen molar-refractivity contribution in [1.29, 1.82) is 0 Å². The van der Waals surface area contributed by atoms with Crippen LogP contribution < -0.4 is 4.90 Å². The average Bonchev–Trinajstić information content (AvgIpc) is 3.25. The monoisotopic (exact) mass is 542 g/mol. The Morgan fingerprint density at radius 3 is 2.32 bits per heavy atom. The van der Waals surface area contributed by atoms with Crippen LogP contribution in [0.15, 0.2) is 41.3 Å². The Morgan fingerprint density at radius 2 is 1.70 bits per heavy atom. The van der Waals surface area contributed by atoms with E-state index in [4.69, 9.17) is 4.98 Å². The van der Waals surface area contributed by atoms with E-state index >= 15 is 0 Å². The minimum absolute atomic E-state index is 0.170. The highest BCUT2D eigenvalue weighted by molar-refractivity contribution is 7.89. The molecule has 0 radical (unpaired) electrons. The SMILES string of the molecule is Cc1cc(C)c2sc(N(CCCN(C)C)C(=O)c3ccc(S(=O)(=O)N4CC(C)CC(C)C4)cc3)nc2c1. The third kappa shape index (κ3) is 6.22. The fourth-order valence-corrected chi connectivity index (χ4v) is 7.91. The van der Waals surface area contributed by atoms with Crippen LogP contribution in [-0.2, 0) is 10.0 Å². The second-order valence-corrected chi connectivity index (χ2v) is 13.7. The number of hydrogen-bond acceptors (Lipinski definition) is 6. The lowest BCUT2D eigenvalue weighted by Gasteiger charge is -2.34. The highest BCUT2D eigenvalue weighted by atomic mass is 32.2. The summed E-state index contributed by atoms with van der Waals surface area (Å²) in [4.78, 5) is 22.6. The molecule has 0 N–H and O–H groups in total. The number of nitrogens with zero attached hydrogens (tertiary/aromatic N) is 4. The first kappa shape index (κ1) is 27.7. The summed E-state index contributed by atoms with van der Waals surface area (Å²) in [5.41, 5.74) is 3.64. The van der Waals surface area contributed by atoms with Crippen LogP contribution in [0, 0.1) is 25.7 Å². The van der Waals surface area contributed by atoms with Crippen molar-refractivity contribution in [3.63, 3.8) is 0 Å². The molecule has 37 heavy (non-hydrogen) atoms. The highest BCUT2D eigenvalue weighted by Crippen LogP contribution is 2.33. The van der Waals surface area contributed by atoms with E-state index in [-0.39, 0.29) is 10.8 Å². The highest BCUT2D eigenvalue weighted by Gasteiger charge is 2.32. The Hall–Kier alpha value is -2.33. The molecule has 1 aromatic heterocycles. The van der Waals surface area contributed by atoms with Crippen molar-refractivity contribution in [2.24, 2.45) is 11.8 Å². The van der Waals surface area contributed by atoms with Crippen molar-refractivity contribution in [1.82, 2.24) is 14.2 Å². The number of piperidine rings is 1. The lowest BCUT2D eigenvalue weighted by atomic mass is 9.94. The van der Waals surface area contributed by atoms with Gasteiger partial charge in [0.2, 0.25) is 10.0 Å². The first-order chi connectivity index (χ1) is 17.5. The summed E-state index contributed by atoms with van der Waals surface area (Å²) in [5, 5.41) is 0.667. The van der Waals surface area contributed by atoms with Gasteiger partial charge in [0.1, 0.15) is 0 Å². The molecule has 1 amide bonds. The maximum atomic E-state index is 13.7. The molecule has 0 aliphatic carbocycles. The van der Waals surface area contributed by atoms with Gasteiger partial charge in [0.15, 0.2) is 5.13 Å². The molecule has 200 valence electrons. The lowest BCUT2D eigenvalue weighted by Crippen LogP contribution is -2.42. The summed E-state index contributed by atoms with van der Waals surface area (Å²) in [6.07, 6.45) is 1.83. The summed E-state index contributed by atoms with van der Waals surface area (Å²) >= 11 is 1.53. The Kier molecular flexibility index (Phi) is 8.38. The maximum absolute atomic E-state index is 13.7. The molecule has 2 aromatic carbocycles. The standard InChI is InChI=1S/C28H38N4O3S2/c1-19-15-22(4)26-25(16-19)29-28(36-26)32(13-7-12-30(5)6)27(33)23-8-10-24(11-9-23)37(34,35)31-17-20(2)14-21(3)18-31/h8-11,15-16,20-21H,7,12-14,17-18H2,1-6H3. The van der Waals surface area contributed by atoms with E-state index in [0.717, 1.165) is 40.7 Å². The molecular weight excluding hydrogens is 504 g/mol. The van der Waals surface area contributed by atoms with Crippen LogP contribution >= 0.6 is 11.3 Å². The van der Waals surface area contributed by atoms with Gasteiger partial charge in [-0.1, -0.05) is 31.3 Å². The van der Waals surface area contributed by atoms with Gasteiger partial charge >= 0.3 is 0 Å². The van der Waals surface area contributed by atoms with E-state index in [9.17, 15) is 13.2 Å². The van der Waals surface area contributed by atoms with Gasteiger partial charge in [-0.25, -0.2) is 13.4 Å². The van der Waals surface area contributed by atoms with Crippen molar-refractivity contribution >= 4 is 42.6 Å².